The zero-order valence-electron chi connectivity index (χ0n) is 11.8. The number of carbonyl (C=O) groups excluding carboxylic acids is 1. The first kappa shape index (κ1) is 15.7. The summed E-state index contributed by atoms with van der Waals surface area (Å²) in [4.78, 5) is 13.8. The molecule has 21 heavy (non-hydrogen) atoms. The van der Waals surface area contributed by atoms with Gasteiger partial charge in [0.1, 0.15) is 0 Å². The summed E-state index contributed by atoms with van der Waals surface area (Å²) < 4.78 is 27.6. The van der Waals surface area contributed by atoms with E-state index in [1.165, 1.54) is 12.1 Å². The molecule has 1 saturated heterocycles. The van der Waals surface area contributed by atoms with Crippen LogP contribution in [0.5, 0.6) is 0 Å². The van der Waals surface area contributed by atoms with Gasteiger partial charge in [-0.05, 0) is 24.6 Å². The first-order chi connectivity index (χ1) is 9.88. The summed E-state index contributed by atoms with van der Waals surface area (Å²) in [6, 6.07) is 5.77. The van der Waals surface area contributed by atoms with Gasteiger partial charge in [-0.3, -0.25) is 0 Å². The lowest BCUT2D eigenvalue weighted by Gasteiger charge is -2.28. The van der Waals surface area contributed by atoms with Crippen molar-refractivity contribution in [1.82, 2.24) is 10.2 Å². The quantitative estimate of drug-likeness (QED) is 0.845. The van der Waals surface area contributed by atoms with Crippen molar-refractivity contribution in [3.05, 3.63) is 29.8 Å². The number of ether oxygens (including phenoxy) is 1. The average Bonchev–Trinajstić information content (AvgIpc) is 2.47. The molecule has 1 aromatic carbocycles. The Balaban J connectivity index is 1.99. The maximum Gasteiger partial charge on any atom is 0.318 e. The van der Waals surface area contributed by atoms with Gasteiger partial charge in [0.2, 0.25) is 10.0 Å². The highest BCUT2D eigenvalue weighted by molar-refractivity contribution is 7.89. The van der Waals surface area contributed by atoms with E-state index in [0.29, 0.717) is 26.3 Å². The van der Waals surface area contributed by atoms with Crippen molar-refractivity contribution < 1.29 is 17.9 Å². The van der Waals surface area contributed by atoms with Crippen molar-refractivity contribution in [3.8, 4) is 0 Å². The number of nitrogens with two attached hydrogens (primary N) is 1. The van der Waals surface area contributed by atoms with E-state index in [1.54, 1.807) is 17.0 Å². The lowest BCUT2D eigenvalue weighted by molar-refractivity contribution is 0.0526. The number of rotatable bonds is 3. The fraction of sp³-hybridized carbons (Fsp3) is 0.462. The third-order valence-electron chi connectivity index (χ3n) is 3.35. The first-order valence-electron chi connectivity index (χ1n) is 6.64. The monoisotopic (exact) mass is 313 g/mol. The molecule has 8 heteroatoms. The zero-order valence-corrected chi connectivity index (χ0v) is 12.6. The molecule has 2 rings (SSSR count). The lowest BCUT2D eigenvalue weighted by Crippen LogP contribution is -2.46. The van der Waals surface area contributed by atoms with Crippen LogP contribution in [0.25, 0.3) is 0 Å². The molecule has 0 aliphatic carbocycles. The average molecular weight is 313 g/mol. The molecule has 7 nitrogen and oxygen atoms in total. The fourth-order valence-corrected chi connectivity index (χ4v) is 2.59. The summed E-state index contributed by atoms with van der Waals surface area (Å²) in [5.74, 6) is 0. The summed E-state index contributed by atoms with van der Waals surface area (Å²) in [6.07, 6.45) is 0. The lowest BCUT2D eigenvalue weighted by atomic mass is 10.1. The Kier molecular flexibility index (Phi) is 4.81. The van der Waals surface area contributed by atoms with E-state index in [0.717, 1.165) is 5.56 Å². The second kappa shape index (κ2) is 6.42. The number of primary sulfonamides is 1. The van der Waals surface area contributed by atoms with E-state index in [-0.39, 0.29) is 17.0 Å². The van der Waals surface area contributed by atoms with Crippen LogP contribution in [-0.2, 0) is 14.8 Å². The smallest absolute Gasteiger partial charge is 0.318 e. The van der Waals surface area contributed by atoms with Crippen LogP contribution < -0.4 is 10.5 Å². The molecule has 1 aliphatic heterocycles. The van der Waals surface area contributed by atoms with Gasteiger partial charge in [-0.15, -0.1) is 0 Å². The molecule has 0 saturated carbocycles. The van der Waals surface area contributed by atoms with Crippen molar-refractivity contribution in [2.45, 2.75) is 17.9 Å². The minimum atomic E-state index is -3.69. The third-order valence-corrected chi connectivity index (χ3v) is 4.28. The van der Waals surface area contributed by atoms with Gasteiger partial charge in [-0.2, -0.15) is 0 Å². The van der Waals surface area contributed by atoms with E-state index >= 15 is 0 Å². The van der Waals surface area contributed by atoms with E-state index in [2.05, 4.69) is 5.32 Å². The van der Waals surface area contributed by atoms with Gasteiger partial charge in [-0.25, -0.2) is 18.4 Å². The first-order valence-corrected chi connectivity index (χ1v) is 8.18. The van der Waals surface area contributed by atoms with Crippen molar-refractivity contribution in [3.63, 3.8) is 0 Å². The molecule has 0 spiro atoms. The second-order valence-corrected chi connectivity index (χ2v) is 6.45. The van der Waals surface area contributed by atoms with Crippen molar-refractivity contribution in [2.75, 3.05) is 26.3 Å². The number of nitrogens with zero attached hydrogens (tertiary/aromatic N) is 1. The Morgan fingerprint density at radius 3 is 2.38 bits per heavy atom. The molecule has 1 aromatic rings. The summed E-state index contributed by atoms with van der Waals surface area (Å²) >= 11 is 0. The van der Waals surface area contributed by atoms with Gasteiger partial charge >= 0.3 is 6.03 Å². The number of carbonyl (C=O) groups is 1. The molecule has 0 bridgehead atoms. The van der Waals surface area contributed by atoms with Crippen molar-refractivity contribution in [2.24, 2.45) is 5.14 Å². The van der Waals surface area contributed by atoms with Gasteiger partial charge < -0.3 is 15.0 Å². The highest BCUT2D eigenvalue weighted by Gasteiger charge is 2.19. The van der Waals surface area contributed by atoms with Crippen LogP contribution in [-0.4, -0.2) is 45.7 Å². The van der Waals surface area contributed by atoms with E-state index < -0.39 is 10.0 Å². The summed E-state index contributed by atoms with van der Waals surface area (Å²) in [6.45, 7) is 4.08. The molecule has 1 heterocycles. The number of hydrogen-bond acceptors (Lipinski definition) is 4. The van der Waals surface area contributed by atoms with E-state index in [9.17, 15) is 13.2 Å². The van der Waals surface area contributed by atoms with Gasteiger partial charge in [0.05, 0.1) is 24.2 Å². The van der Waals surface area contributed by atoms with Crippen LogP contribution in [0.3, 0.4) is 0 Å². The van der Waals surface area contributed by atoms with E-state index in [1.807, 2.05) is 6.92 Å². The van der Waals surface area contributed by atoms with Gasteiger partial charge in [0.15, 0.2) is 0 Å². The van der Waals surface area contributed by atoms with Crippen LogP contribution in [0.15, 0.2) is 29.2 Å². The summed E-state index contributed by atoms with van der Waals surface area (Å²) in [5, 5.41) is 7.92. The maximum atomic E-state index is 12.1. The van der Waals surface area contributed by atoms with Crippen molar-refractivity contribution >= 4 is 16.1 Å². The number of amides is 2. The number of morpholine rings is 1. The third kappa shape index (κ3) is 4.16. The Morgan fingerprint density at radius 1 is 1.29 bits per heavy atom. The van der Waals surface area contributed by atoms with Crippen LogP contribution in [0.4, 0.5) is 4.79 Å². The number of benzene rings is 1. The molecular formula is C13H19N3O4S. The van der Waals surface area contributed by atoms with Crippen LogP contribution in [0, 0.1) is 0 Å². The predicted octanol–water partition coefficient (Wildman–Crippen LogP) is 0.437. The minimum absolute atomic E-state index is 0.0537. The molecule has 1 fully saturated rings. The van der Waals surface area contributed by atoms with Gasteiger partial charge in [0.25, 0.3) is 0 Å². The topological polar surface area (TPSA) is 102 Å². The Morgan fingerprint density at radius 2 is 1.86 bits per heavy atom. The van der Waals surface area contributed by atoms with Crippen molar-refractivity contribution in [1.29, 1.82) is 0 Å². The van der Waals surface area contributed by atoms with Crippen LogP contribution in [0.2, 0.25) is 0 Å². The molecule has 3 N–H and O–H groups in total. The highest BCUT2D eigenvalue weighted by atomic mass is 32.2. The molecule has 1 atom stereocenters. The standard InChI is InChI=1S/C13H19N3O4S/c1-10(15-13(17)16-6-8-20-9-7-16)11-2-4-12(5-3-11)21(14,18)19/h2-5,10H,6-9H2,1H3,(H,15,17)(H2,14,18,19)/t10-/m1/s1. The van der Waals surface area contributed by atoms with E-state index in [4.69, 9.17) is 9.88 Å². The van der Waals surface area contributed by atoms with Crippen LogP contribution in [0.1, 0.15) is 18.5 Å². The number of hydrogen-bond donors (Lipinski definition) is 2. The Hall–Kier alpha value is -1.64. The molecule has 0 radical (unpaired) electrons. The highest BCUT2D eigenvalue weighted by Crippen LogP contribution is 2.16. The minimum Gasteiger partial charge on any atom is -0.378 e. The molecular weight excluding hydrogens is 294 g/mol. The maximum absolute atomic E-state index is 12.1. The molecule has 0 aromatic heterocycles. The molecule has 116 valence electrons. The normalized spacial score (nSPS) is 17.3. The van der Waals surface area contributed by atoms with Gasteiger partial charge in [0, 0.05) is 13.1 Å². The number of nitrogens with one attached hydrogen (secondary N) is 1. The molecule has 0 unspecified atom stereocenters. The zero-order chi connectivity index (χ0) is 15.5. The largest absolute Gasteiger partial charge is 0.378 e. The summed E-state index contributed by atoms with van der Waals surface area (Å²) in [5.41, 5.74) is 0.809. The van der Waals surface area contributed by atoms with Crippen LogP contribution >= 0.6 is 0 Å². The Bertz CT molecular complexity index is 594. The second-order valence-electron chi connectivity index (χ2n) is 4.88. The number of sulfonamides is 1. The summed E-state index contributed by atoms with van der Waals surface area (Å²) in [7, 11) is -3.69. The Labute approximate surface area is 124 Å². The number of urea groups is 1. The van der Waals surface area contributed by atoms with Gasteiger partial charge in [-0.1, -0.05) is 12.1 Å². The molecule has 1 aliphatic rings. The SMILES string of the molecule is C[C@@H](NC(=O)N1CCOCC1)c1ccc(S(N)(=O)=O)cc1. The predicted molar refractivity (Wildman–Crippen MR) is 77.2 cm³/mol. The molecule has 2 amide bonds. The fourth-order valence-electron chi connectivity index (χ4n) is 2.07.